The summed E-state index contributed by atoms with van der Waals surface area (Å²) in [7, 11) is 2.16. The molecule has 66 valence electrons. The summed E-state index contributed by atoms with van der Waals surface area (Å²) in [4.78, 5) is 2.36. The predicted molar refractivity (Wildman–Crippen MR) is 52.0 cm³/mol. The lowest BCUT2D eigenvalue weighted by molar-refractivity contribution is 0.194. The number of nitrogens with two attached hydrogens (primary N) is 1. The van der Waals surface area contributed by atoms with Gasteiger partial charge in [0.05, 0.1) is 0 Å². The molecule has 0 aromatic carbocycles. The topological polar surface area (TPSA) is 29.3 Å². The highest BCUT2D eigenvalue weighted by molar-refractivity contribution is 7.80. The van der Waals surface area contributed by atoms with Gasteiger partial charge in [0.25, 0.3) is 0 Å². The molecule has 2 nitrogen and oxygen atoms in total. The van der Waals surface area contributed by atoms with E-state index in [2.05, 4.69) is 24.6 Å². The Balaban J connectivity index is 2.33. The fraction of sp³-hybridized carbons (Fsp3) is 1.00. The number of nitrogens with zero attached hydrogens (tertiary/aromatic N) is 1. The van der Waals surface area contributed by atoms with Gasteiger partial charge in [-0.2, -0.15) is 12.6 Å². The maximum atomic E-state index is 5.91. The maximum absolute atomic E-state index is 5.91. The Labute approximate surface area is 74.5 Å². The van der Waals surface area contributed by atoms with Crippen molar-refractivity contribution in [3.63, 3.8) is 0 Å². The molecule has 0 aromatic heterocycles. The molecule has 1 saturated heterocycles. The van der Waals surface area contributed by atoms with Gasteiger partial charge in [-0.3, -0.25) is 0 Å². The maximum Gasteiger partial charge on any atom is 0.0168 e. The Morgan fingerprint density at radius 1 is 1.73 bits per heavy atom. The van der Waals surface area contributed by atoms with Crippen LogP contribution in [0.5, 0.6) is 0 Å². The van der Waals surface area contributed by atoms with Crippen LogP contribution in [-0.4, -0.2) is 36.8 Å². The molecule has 2 atom stereocenters. The van der Waals surface area contributed by atoms with Crippen LogP contribution in [0.1, 0.15) is 12.8 Å². The smallest absolute Gasteiger partial charge is 0.0168 e. The average Bonchev–Trinajstić information content (AvgIpc) is 2.03. The van der Waals surface area contributed by atoms with Crippen molar-refractivity contribution >= 4 is 12.6 Å². The number of piperidine rings is 1. The number of likely N-dealkylation sites (tertiary alicyclic amines) is 1. The van der Waals surface area contributed by atoms with Crippen molar-refractivity contribution in [1.29, 1.82) is 0 Å². The molecule has 2 unspecified atom stereocenters. The predicted octanol–water partition coefficient (Wildman–Crippen LogP) is 0.585. The van der Waals surface area contributed by atoms with Crippen molar-refractivity contribution in [3.05, 3.63) is 0 Å². The van der Waals surface area contributed by atoms with Crippen molar-refractivity contribution in [1.82, 2.24) is 4.90 Å². The standard InChI is InChI=1S/C8H18N2S/c1-10-4-2-3-7(5-10)8(9)6-11/h7-8,11H,2-6,9H2,1H3. The average molecular weight is 174 g/mol. The largest absolute Gasteiger partial charge is 0.327 e. The van der Waals surface area contributed by atoms with E-state index in [0.29, 0.717) is 12.0 Å². The minimum Gasteiger partial charge on any atom is -0.327 e. The summed E-state index contributed by atoms with van der Waals surface area (Å²) in [6, 6.07) is 0.293. The van der Waals surface area contributed by atoms with Crippen molar-refractivity contribution < 1.29 is 0 Å². The van der Waals surface area contributed by atoms with Crippen molar-refractivity contribution in [2.45, 2.75) is 18.9 Å². The molecular weight excluding hydrogens is 156 g/mol. The molecule has 0 spiro atoms. The third-order valence-electron chi connectivity index (χ3n) is 2.48. The molecule has 1 rings (SSSR count). The van der Waals surface area contributed by atoms with Gasteiger partial charge in [-0.05, 0) is 32.4 Å². The van der Waals surface area contributed by atoms with E-state index in [1.807, 2.05) is 0 Å². The first-order chi connectivity index (χ1) is 5.24. The van der Waals surface area contributed by atoms with Gasteiger partial charge in [0.2, 0.25) is 0 Å². The van der Waals surface area contributed by atoms with Gasteiger partial charge in [-0.1, -0.05) is 0 Å². The molecule has 0 aromatic rings. The van der Waals surface area contributed by atoms with E-state index in [4.69, 9.17) is 5.73 Å². The highest BCUT2D eigenvalue weighted by Gasteiger charge is 2.21. The van der Waals surface area contributed by atoms with Crippen LogP contribution in [-0.2, 0) is 0 Å². The molecule has 0 amide bonds. The number of hydrogen-bond donors (Lipinski definition) is 2. The van der Waals surface area contributed by atoms with Gasteiger partial charge >= 0.3 is 0 Å². The van der Waals surface area contributed by atoms with Crippen LogP contribution in [0.2, 0.25) is 0 Å². The van der Waals surface area contributed by atoms with Crippen LogP contribution in [0, 0.1) is 5.92 Å². The second kappa shape index (κ2) is 4.33. The third-order valence-corrected chi connectivity index (χ3v) is 2.90. The quantitative estimate of drug-likeness (QED) is 0.600. The molecule has 1 fully saturated rings. The Morgan fingerprint density at radius 3 is 3.00 bits per heavy atom. The molecule has 3 heteroatoms. The third kappa shape index (κ3) is 2.65. The number of thiol groups is 1. The number of rotatable bonds is 2. The van der Waals surface area contributed by atoms with Gasteiger partial charge in [-0.15, -0.1) is 0 Å². The molecule has 0 saturated carbocycles. The van der Waals surface area contributed by atoms with Gasteiger partial charge in [0.15, 0.2) is 0 Å². The zero-order valence-corrected chi connectivity index (χ0v) is 8.06. The van der Waals surface area contributed by atoms with Crippen molar-refractivity contribution in [2.24, 2.45) is 11.7 Å². The Bertz CT molecular complexity index is 119. The molecule has 1 aliphatic heterocycles. The molecule has 1 aliphatic rings. The lowest BCUT2D eigenvalue weighted by Gasteiger charge is -2.32. The first-order valence-electron chi connectivity index (χ1n) is 4.29. The second-order valence-electron chi connectivity index (χ2n) is 3.51. The summed E-state index contributed by atoms with van der Waals surface area (Å²) in [5.74, 6) is 1.49. The summed E-state index contributed by atoms with van der Waals surface area (Å²) in [5, 5.41) is 0. The van der Waals surface area contributed by atoms with Gasteiger partial charge in [-0.25, -0.2) is 0 Å². The normalized spacial score (nSPS) is 30.3. The van der Waals surface area contributed by atoms with E-state index in [1.165, 1.54) is 19.4 Å². The van der Waals surface area contributed by atoms with Crippen molar-refractivity contribution in [2.75, 3.05) is 25.9 Å². The summed E-state index contributed by atoms with van der Waals surface area (Å²) in [5.41, 5.74) is 5.91. The molecule has 1 heterocycles. The molecule has 0 radical (unpaired) electrons. The van der Waals surface area contributed by atoms with Gasteiger partial charge < -0.3 is 10.6 Å². The zero-order chi connectivity index (χ0) is 8.27. The van der Waals surface area contributed by atoms with Crippen LogP contribution in [0.15, 0.2) is 0 Å². The Kier molecular flexibility index (Phi) is 3.69. The summed E-state index contributed by atoms with van der Waals surface area (Å²) >= 11 is 4.21. The van der Waals surface area contributed by atoms with E-state index in [-0.39, 0.29) is 0 Å². The lowest BCUT2D eigenvalue weighted by Crippen LogP contribution is -2.42. The van der Waals surface area contributed by atoms with Gasteiger partial charge in [0, 0.05) is 18.3 Å². The molecule has 0 aliphatic carbocycles. The van der Waals surface area contributed by atoms with Gasteiger partial charge in [0.1, 0.15) is 0 Å². The lowest BCUT2D eigenvalue weighted by atomic mass is 9.92. The Morgan fingerprint density at radius 2 is 2.45 bits per heavy atom. The highest BCUT2D eigenvalue weighted by Crippen LogP contribution is 2.17. The first kappa shape index (κ1) is 9.36. The second-order valence-corrected chi connectivity index (χ2v) is 3.88. The van der Waals surface area contributed by atoms with E-state index < -0.39 is 0 Å². The van der Waals surface area contributed by atoms with Crippen LogP contribution >= 0.6 is 12.6 Å². The Hall–Kier alpha value is 0.270. The fourth-order valence-corrected chi connectivity index (χ4v) is 2.00. The SMILES string of the molecule is CN1CCCC(C(N)CS)C1. The minimum atomic E-state index is 0.293. The van der Waals surface area contributed by atoms with Crippen molar-refractivity contribution in [3.8, 4) is 0 Å². The minimum absolute atomic E-state index is 0.293. The molecule has 11 heavy (non-hydrogen) atoms. The highest BCUT2D eigenvalue weighted by atomic mass is 32.1. The van der Waals surface area contributed by atoms with E-state index in [0.717, 1.165) is 12.3 Å². The number of hydrogen-bond acceptors (Lipinski definition) is 3. The molecule has 0 bridgehead atoms. The van der Waals surface area contributed by atoms with Crippen LogP contribution in [0.25, 0.3) is 0 Å². The summed E-state index contributed by atoms with van der Waals surface area (Å²) in [6.45, 7) is 2.39. The van der Waals surface area contributed by atoms with Crippen LogP contribution in [0.3, 0.4) is 0 Å². The van der Waals surface area contributed by atoms with Crippen LogP contribution in [0.4, 0.5) is 0 Å². The van der Waals surface area contributed by atoms with E-state index in [9.17, 15) is 0 Å². The van der Waals surface area contributed by atoms with E-state index in [1.54, 1.807) is 0 Å². The molecule has 2 N–H and O–H groups in total. The summed E-state index contributed by atoms with van der Waals surface area (Å²) in [6.07, 6.45) is 2.58. The van der Waals surface area contributed by atoms with E-state index >= 15 is 0 Å². The fourth-order valence-electron chi connectivity index (χ4n) is 1.70. The molecular formula is C8H18N2S. The first-order valence-corrected chi connectivity index (χ1v) is 4.92. The summed E-state index contributed by atoms with van der Waals surface area (Å²) < 4.78 is 0. The zero-order valence-electron chi connectivity index (χ0n) is 7.16. The van der Waals surface area contributed by atoms with Crippen LogP contribution < -0.4 is 5.73 Å². The monoisotopic (exact) mass is 174 g/mol.